The minimum Gasteiger partial charge on any atom is -0.497 e. The summed E-state index contributed by atoms with van der Waals surface area (Å²) >= 11 is 2.55. The molecule has 0 amide bonds. The number of hydrogen-bond acceptors (Lipinski definition) is 10. The van der Waals surface area contributed by atoms with Crippen LogP contribution < -0.4 is 9.75 Å². The average Bonchev–Trinajstić information content (AvgIpc) is 3.23. The van der Waals surface area contributed by atoms with Crippen molar-refractivity contribution in [2.75, 3.05) is 32.4 Å². The molecular weight excluding hydrogens is 414 g/mol. The van der Waals surface area contributed by atoms with Crippen molar-refractivity contribution in [1.82, 2.24) is 4.90 Å². The van der Waals surface area contributed by atoms with Crippen LogP contribution in [0.5, 0.6) is 5.75 Å². The van der Waals surface area contributed by atoms with Crippen molar-refractivity contribution in [2.24, 2.45) is 5.10 Å². The predicted molar refractivity (Wildman–Crippen MR) is 115 cm³/mol. The van der Waals surface area contributed by atoms with Crippen LogP contribution in [0.4, 0.5) is 5.69 Å². The Balaban J connectivity index is 2.01. The summed E-state index contributed by atoms with van der Waals surface area (Å²) in [6.07, 6.45) is 0. The van der Waals surface area contributed by atoms with Gasteiger partial charge in [0.2, 0.25) is 9.37 Å². The minimum absolute atomic E-state index is 0.222. The van der Waals surface area contributed by atoms with Gasteiger partial charge in [-0.15, -0.1) is 0 Å². The highest BCUT2D eigenvalue weighted by Crippen LogP contribution is 2.58. The van der Waals surface area contributed by atoms with E-state index in [1.165, 1.54) is 23.5 Å². The van der Waals surface area contributed by atoms with Crippen LogP contribution in [0.15, 0.2) is 40.0 Å². The number of nitrogens with zero attached hydrogens (tertiary/aromatic N) is 3. The number of hydrogen-bond donors (Lipinski definition) is 0. The number of allylic oxidation sites excluding steroid dienone is 1. The number of carbonyl (C=O) groups excluding carboxylic acids is 2. The van der Waals surface area contributed by atoms with E-state index in [-0.39, 0.29) is 18.3 Å². The first-order valence-electron chi connectivity index (χ1n) is 9.07. The number of esters is 2. The SMILES string of the molecule is CCOC(=O)C1=NN(c2ccc(OC)cc2)[C@]2(S1)SC(C(=O)OCC)=C(C)N2C. The monoisotopic (exact) mass is 437 g/mol. The fraction of sp³-hybridized carbons (Fsp3) is 0.421. The van der Waals surface area contributed by atoms with Gasteiger partial charge in [0.05, 0.1) is 26.0 Å². The summed E-state index contributed by atoms with van der Waals surface area (Å²) in [5, 5.41) is 6.50. The van der Waals surface area contributed by atoms with Crippen molar-refractivity contribution >= 4 is 46.2 Å². The Bertz CT molecular complexity index is 871. The summed E-state index contributed by atoms with van der Waals surface area (Å²) in [4.78, 5) is 27.3. The van der Waals surface area contributed by atoms with E-state index in [2.05, 4.69) is 5.10 Å². The third kappa shape index (κ3) is 3.78. The van der Waals surface area contributed by atoms with Gasteiger partial charge in [0.25, 0.3) is 0 Å². The Labute approximate surface area is 178 Å². The van der Waals surface area contributed by atoms with Crippen molar-refractivity contribution in [3.05, 3.63) is 34.9 Å². The van der Waals surface area contributed by atoms with Crippen LogP contribution in [0.3, 0.4) is 0 Å². The third-order valence-electron chi connectivity index (χ3n) is 4.41. The van der Waals surface area contributed by atoms with Crippen molar-refractivity contribution in [1.29, 1.82) is 0 Å². The number of ether oxygens (including phenoxy) is 3. The molecule has 29 heavy (non-hydrogen) atoms. The normalized spacial score (nSPS) is 20.9. The van der Waals surface area contributed by atoms with Crippen molar-refractivity contribution in [3.63, 3.8) is 0 Å². The maximum absolute atomic E-state index is 12.5. The van der Waals surface area contributed by atoms with E-state index in [0.29, 0.717) is 10.7 Å². The van der Waals surface area contributed by atoms with E-state index >= 15 is 0 Å². The highest BCUT2D eigenvalue weighted by Gasteiger charge is 2.56. The fourth-order valence-corrected chi connectivity index (χ4v) is 5.74. The second-order valence-corrected chi connectivity index (χ2v) is 8.68. The summed E-state index contributed by atoms with van der Waals surface area (Å²) in [5.74, 6) is -0.180. The summed E-state index contributed by atoms with van der Waals surface area (Å²) in [5.41, 5.74) is 1.50. The molecule has 2 aliphatic heterocycles. The first kappa shape index (κ1) is 21.4. The van der Waals surface area contributed by atoms with Gasteiger partial charge in [-0.05, 0) is 56.8 Å². The first-order chi connectivity index (χ1) is 13.9. The minimum atomic E-state index is -0.886. The number of methoxy groups -OCH3 is 1. The molecule has 1 aromatic rings. The van der Waals surface area contributed by atoms with E-state index in [0.717, 1.165) is 11.4 Å². The van der Waals surface area contributed by atoms with Crippen LogP contribution in [0.2, 0.25) is 0 Å². The Hall–Kier alpha value is -2.33. The molecule has 1 aromatic carbocycles. The zero-order chi connectivity index (χ0) is 21.2. The van der Waals surface area contributed by atoms with Gasteiger partial charge in [0.15, 0.2) is 0 Å². The molecule has 8 nitrogen and oxygen atoms in total. The molecule has 2 aliphatic rings. The van der Waals surface area contributed by atoms with Crippen LogP contribution in [-0.2, 0) is 19.1 Å². The molecule has 0 aliphatic carbocycles. The van der Waals surface area contributed by atoms with Gasteiger partial charge in [-0.3, -0.25) is 0 Å². The number of benzene rings is 1. The van der Waals surface area contributed by atoms with Crippen molar-refractivity contribution in [2.45, 2.75) is 25.1 Å². The van der Waals surface area contributed by atoms with Crippen LogP contribution in [-0.4, -0.2) is 53.6 Å². The molecule has 1 atom stereocenters. The second-order valence-electron chi connectivity index (χ2n) is 6.08. The highest BCUT2D eigenvalue weighted by molar-refractivity contribution is 8.28. The van der Waals surface area contributed by atoms with E-state index in [1.54, 1.807) is 26.0 Å². The lowest BCUT2D eigenvalue weighted by Gasteiger charge is -2.39. The van der Waals surface area contributed by atoms with E-state index in [9.17, 15) is 9.59 Å². The molecule has 10 heteroatoms. The summed E-state index contributed by atoms with van der Waals surface area (Å²) < 4.78 is 14.7. The van der Waals surface area contributed by atoms with Crippen LogP contribution >= 0.6 is 23.5 Å². The smallest absolute Gasteiger partial charge is 0.365 e. The topological polar surface area (TPSA) is 80.7 Å². The predicted octanol–water partition coefficient (Wildman–Crippen LogP) is 3.21. The Kier molecular flexibility index (Phi) is 6.33. The van der Waals surface area contributed by atoms with Crippen LogP contribution in [0, 0.1) is 0 Å². The molecule has 2 heterocycles. The maximum Gasteiger partial charge on any atom is 0.365 e. The lowest BCUT2D eigenvalue weighted by molar-refractivity contribution is -0.137. The standard InChI is InChI=1S/C19H23N3O5S2/c1-6-26-17(23)15-12(3)21(4)19(28-15)22(13-8-10-14(25-5)11-9-13)20-16(29-19)18(24)27-7-2/h8-11H,6-7H2,1-5H3/t19-/m0/s1. The Morgan fingerprint density at radius 3 is 2.28 bits per heavy atom. The molecule has 1 spiro atoms. The molecule has 0 radical (unpaired) electrons. The number of anilines is 1. The zero-order valence-corrected chi connectivity index (χ0v) is 18.6. The molecule has 156 valence electrons. The molecule has 0 unspecified atom stereocenters. The molecule has 0 saturated carbocycles. The summed E-state index contributed by atoms with van der Waals surface area (Å²) in [6.45, 7) is 5.90. The van der Waals surface area contributed by atoms with Gasteiger partial charge in [0, 0.05) is 12.7 Å². The number of hydrazone groups is 1. The van der Waals surface area contributed by atoms with E-state index < -0.39 is 16.3 Å². The number of thioether (sulfide) groups is 2. The molecule has 3 rings (SSSR count). The van der Waals surface area contributed by atoms with Gasteiger partial charge in [-0.2, -0.15) is 5.10 Å². The highest BCUT2D eigenvalue weighted by atomic mass is 32.2. The number of carbonyl (C=O) groups is 2. The molecule has 0 saturated heterocycles. The Morgan fingerprint density at radius 2 is 1.69 bits per heavy atom. The molecule has 0 aromatic heterocycles. The first-order valence-corrected chi connectivity index (χ1v) is 10.7. The molecule has 0 bridgehead atoms. The van der Waals surface area contributed by atoms with Gasteiger partial charge >= 0.3 is 11.9 Å². The molecule has 0 fully saturated rings. The number of rotatable bonds is 6. The zero-order valence-electron chi connectivity index (χ0n) is 16.9. The maximum atomic E-state index is 12.5. The Morgan fingerprint density at radius 1 is 1.07 bits per heavy atom. The second kappa shape index (κ2) is 8.58. The summed E-state index contributed by atoms with van der Waals surface area (Å²) in [6, 6.07) is 7.34. The van der Waals surface area contributed by atoms with Crippen LogP contribution in [0.1, 0.15) is 20.8 Å². The van der Waals surface area contributed by atoms with Crippen molar-refractivity contribution in [3.8, 4) is 5.75 Å². The lowest BCUT2D eigenvalue weighted by atomic mass is 10.3. The van der Waals surface area contributed by atoms with Crippen molar-refractivity contribution < 1.29 is 23.8 Å². The largest absolute Gasteiger partial charge is 0.497 e. The van der Waals surface area contributed by atoms with Crippen LogP contribution in [0.25, 0.3) is 0 Å². The molecular formula is C19H23N3O5S2. The summed E-state index contributed by atoms with van der Waals surface area (Å²) in [7, 11) is 3.46. The average molecular weight is 438 g/mol. The fourth-order valence-electron chi connectivity index (χ4n) is 2.86. The van der Waals surface area contributed by atoms with E-state index in [4.69, 9.17) is 14.2 Å². The van der Waals surface area contributed by atoms with Gasteiger partial charge in [-0.1, -0.05) is 11.8 Å². The quantitative estimate of drug-likeness (QED) is 0.623. The van der Waals surface area contributed by atoms with Gasteiger partial charge < -0.3 is 19.1 Å². The van der Waals surface area contributed by atoms with Gasteiger partial charge in [0.1, 0.15) is 10.7 Å². The molecule has 0 N–H and O–H groups in total. The van der Waals surface area contributed by atoms with E-state index in [1.807, 2.05) is 43.1 Å². The lowest BCUT2D eigenvalue weighted by Crippen LogP contribution is -2.47. The van der Waals surface area contributed by atoms with Gasteiger partial charge in [-0.25, -0.2) is 14.6 Å². The third-order valence-corrected chi connectivity index (χ3v) is 7.44.